The van der Waals surface area contributed by atoms with Crippen molar-refractivity contribution in [3.63, 3.8) is 0 Å². The van der Waals surface area contributed by atoms with Crippen molar-refractivity contribution in [2.75, 3.05) is 18.4 Å². The molecule has 23 heavy (non-hydrogen) atoms. The number of aryl methyl sites for hydroxylation is 1. The maximum absolute atomic E-state index is 13.5. The van der Waals surface area contributed by atoms with Gasteiger partial charge < -0.3 is 10.2 Å². The molecule has 1 heterocycles. The van der Waals surface area contributed by atoms with E-state index in [1.807, 2.05) is 13.0 Å². The van der Waals surface area contributed by atoms with Gasteiger partial charge in [-0.15, -0.1) is 11.3 Å². The molecule has 0 aliphatic rings. The summed E-state index contributed by atoms with van der Waals surface area (Å²) in [4.78, 5) is 26.3. The molecule has 0 radical (unpaired) electrons. The third kappa shape index (κ3) is 3.92. The summed E-state index contributed by atoms with van der Waals surface area (Å²) >= 11 is 1.29. The predicted molar refractivity (Wildman–Crippen MR) is 85.6 cm³/mol. The van der Waals surface area contributed by atoms with Crippen LogP contribution < -0.4 is 5.32 Å². The summed E-state index contributed by atoms with van der Waals surface area (Å²) < 4.78 is 27.1. The summed E-state index contributed by atoms with van der Waals surface area (Å²) in [7, 11) is 0. The lowest BCUT2D eigenvalue weighted by atomic mass is 10.2. The predicted octanol–water partition coefficient (Wildman–Crippen LogP) is 3.44. The Bertz CT molecular complexity index is 710. The van der Waals surface area contributed by atoms with E-state index >= 15 is 0 Å². The minimum Gasteiger partial charge on any atom is -0.329 e. The van der Waals surface area contributed by atoms with Crippen molar-refractivity contribution in [2.24, 2.45) is 0 Å². The normalized spacial score (nSPS) is 10.4. The second-order valence-corrected chi connectivity index (χ2v) is 5.81. The van der Waals surface area contributed by atoms with Gasteiger partial charge in [0.2, 0.25) is 5.91 Å². The maximum atomic E-state index is 13.5. The van der Waals surface area contributed by atoms with Crippen LogP contribution in [0, 0.1) is 18.6 Å². The monoisotopic (exact) mass is 338 g/mol. The molecule has 0 aliphatic heterocycles. The number of halogens is 2. The first-order valence-electron chi connectivity index (χ1n) is 7.01. The minimum atomic E-state index is -0.859. The largest absolute Gasteiger partial charge is 0.329 e. The zero-order valence-corrected chi connectivity index (χ0v) is 13.5. The first kappa shape index (κ1) is 17.1. The van der Waals surface area contributed by atoms with Gasteiger partial charge >= 0.3 is 0 Å². The SMILES string of the molecule is CCN(CC(=O)Nc1c(F)cccc1F)C(=O)c1sccc1C. The second kappa shape index (κ2) is 7.32. The van der Waals surface area contributed by atoms with Crippen molar-refractivity contribution in [1.29, 1.82) is 0 Å². The molecular weight excluding hydrogens is 322 g/mol. The molecule has 4 nitrogen and oxygen atoms in total. The molecule has 0 saturated heterocycles. The number of benzene rings is 1. The summed E-state index contributed by atoms with van der Waals surface area (Å²) in [5.41, 5.74) is 0.326. The Morgan fingerprint density at radius 3 is 2.39 bits per heavy atom. The number of hydrogen-bond donors (Lipinski definition) is 1. The number of para-hydroxylation sites is 1. The number of anilines is 1. The number of carbonyl (C=O) groups excluding carboxylic acids is 2. The van der Waals surface area contributed by atoms with E-state index < -0.39 is 23.2 Å². The lowest BCUT2D eigenvalue weighted by Crippen LogP contribution is -2.38. The van der Waals surface area contributed by atoms with Gasteiger partial charge in [0.1, 0.15) is 23.9 Å². The van der Waals surface area contributed by atoms with E-state index in [4.69, 9.17) is 0 Å². The lowest BCUT2D eigenvalue weighted by Gasteiger charge is -2.20. The van der Waals surface area contributed by atoms with E-state index in [2.05, 4.69) is 5.32 Å². The molecule has 0 aliphatic carbocycles. The van der Waals surface area contributed by atoms with Crippen LogP contribution in [-0.4, -0.2) is 29.8 Å². The highest BCUT2D eigenvalue weighted by atomic mass is 32.1. The zero-order valence-electron chi connectivity index (χ0n) is 12.7. The molecule has 0 saturated carbocycles. The highest BCUT2D eigenvalue weighted by molar-refractivity contribution is 7.12. The summed E-state index contributed by atoms with van der Waals surface area (Å²) in [6.07, 6.45) is 0. The molecule has 1 aromatic carbocycles. The van der Waals surface area contributed by atoms with Gasteiger partial charge in [-0.2, -0.15) is 0 Å². The standard InChI is InChI=1S/C16H16F2N2O2S/c1-3-20(16(22)15-10(2)7-8-23-15)9-13(21)19-14-11(17)5-4-6-12(14)18/h4-8H,3,9H2,1-2H3,(H,19,21). The molecule has 122 valence electrons. The van der Waals surface area contributed by atoms with Crippen molar-refractivity contribution in [3.8, 4) is 0 Å². The second-order valence-electron chi connectivity index (χ2n) is 4.90. The van der Waals surface area contributed by atoms with Gasteiger partial charge in [-0.25, -0.2) is 8.78 Å². The Morgan fingerprint density at radius 1 is 1.22 bits per heavy atom. The van der Waals surface area contributed by atoms with Crippen LogP contribution in [0.5, 0.6) is 0 Å². The number of nitrogens with zero attached hydrogens (tertiary/aromatic N) is 1. The number of carbonyl (C=O) groups is 2. The summed E-state index contributed by atoms with van der Waals surface area (Å²) in [6.45, 7) is 3.58. The van der Waals surface area contributed by atoms with E-state index in [-0.39, 0.29) is 12.5 Å². The van der Waals surface area contributed by atoms with Gasteiger partial charge in [-0.05, 0) is 43.0 Å². The fourth-order valence-corrected chi connectivity index (χ4v) is 2.92. The molecule has 0 atom stereocenters. The molecule has 0 fully saturated rings. The van der Waals surface area contributed by atoms with Crippen molar-refractivity contribution >= 4 is 28.8 Å². The van der Waals surface area contributed by atoms with Crippen LogP contribution in [0.3, 0.4) is 0 Å². The zero-order chi connectivity index (χ0) is 17.0. The Hall–Kier alpha value is -2.28. The van der Waals surface area contributed by atoms with Crippen LogP contribution >= 0.6 is 11.3 Å². The molecule has 2 rings (SSSR count). The molecule has 0 bridgehead atoms. The fraction of sp³-hybridized carbons (Fsp3) is 0.250. The number of nitrogens with one attached hydrogen (secondary N) is 1. The highest BCUT2D eigenvalue weighted by Gasteiger charge is 2.21. The first-order chi connectivity index (χ1) is 10.9. The van der Waals surface area contributed by atoms with E-state index in [0.29, 0.717) is 11.4 Å². The highest BCUT2D eigenvalue weighted by Crippen LogP contribution is 2.19. The third-order valence-electron chi connectivity index (χ3n) is 3.29. The fourth-order valence-electron chi connectivity index (χ4n) is 2.03. The maximum Gasteiger partial charge on any atom is 0.264 e. The van der Waals surface area contributed by atoms with Crippen molar-refractivity contribution in [1.82, 2.24) is 4.90 Å². The molecule has 0 spiro atoms. The number of thiophene rings is 1. The van der Waals surface area contributed by atoms with Crippen molar-refractivity contribution in [2.45, 2.75) is 13.8 Å². The molecule has 7 heteroatoms. The average Bonchev–Trinajstić information content (AvgIpc) is 2.94. The van der Waals surface area contributed by atoms with Crippen molar-refractivity contribution < 1.29 is 18.4 Å². The summed E-state index contributed by atoms with van der Waals surface area (Å²) in [5.74, 6) is -2.65. The average molecular weight is 338 g/mol. The number of amides is 2. The van der Waals surface area contributed by atoms with Gasteiger partial charge in [0.15, 0.2) is 0 Å². The quantitative estimate of drug-likeness (QED) is 0.908. The van der Waals surface area contributed by atoms with Gasteiger partial charge in [-0.1, -0.05) is 6.07 Å². The summed E-state index contributed by atoms with van der Waals surface area (Å²) in [6, 6.07) is 5.13. The van der Waals surface area contributed by atoms with Gasteiger partial charge in [0, 0.05) is 6.54 Å². The van der Waals surface area contributed by atoms with E-state index in [1.54, 1.807) is 12.3 Å². The molecule has 2 aromatic rings. The molecule has 1 N–H and O–H groups in total. The lowest BCUT2D eigenvalue weighted by molar-refractivity contribution is -0.116. The van der Waals surface area contributed by atoms with Gasteiger partial charge in [0.05, 0.1) is 4.88 Å². The van der Waals surface area contributed by atoms with Gasteiger partial charge in [-0.3, -0.25) is 9.59 Å². The Kier molecular flexibility index (Phi) is 5.44. The third-order valence-corrected chi connectivity index (χ3v) is 4.29. The molecule has 0 unspecified atom stereocenters. The van der Waals surface area contributed by atoms with E-state index in [1.165, 1.54) is 22.3 Å². The van der Waals surface area contributed by atoms with E-state index in [0.717, 1.165) is 17.7 Å². The number of likely N-dealkylation sites (N-methyl/N-ethyl adjacent to an activating group) is 1. The molecule has 2 amide bonds. The summed E-state index contributed by atoms with van der Waals surface area (Å²) in [5, 5.41) is 3.98. The first-order valence-corrected chi connectivity index (χ1v) is 7.89. The number of rotatable bonds is 5. The van der Waals surface area contributed by atoms with Gasteiger partial charge in [0.25, 0.3) is 5.91 Å². The number of hydrogen-bond acceptors (Lipinski definition) is 3. The van der Waals surface area contributed by atoms with Crippen LogP contribution in [-0.2, 0) is 4.79 Å². The Morgan fingerprint density at radius 2 is 1.87 bits per heavy atom. The van der Waals surface area contributed by atoms with Crippen LogP contribution in [0.4, 0.5) is 14.5 Å². The topological polar surface area (TPSA) is 49.4 Å². The van der Waals surface area contributed by atoms with Crippen LogP contribution in [0.2, 0.25) is 0 Å². The van der Waals surface area contributed by atoms with Crippen LogP contribution in [0.15, 0.2) is 29.6 Å². The Labute approximate surface area is 136 Å². The Balaban J connectivity index is 2.09. The minimum absolute atomic E-state index is 0.274. The van der Waals surface area contributed by atoms with E-state index in [9.17, 15) is 18.4 Å². The van der Waals surface area contributed by atoms with Crippen LogP contribution in [0.1, 0.15) is 22.2 Å². The molecular formula is C16H16F2N2O2S. The molecule has 1 aromatic heterocycles. The van der Waals surface area contributed by atoms with Crippen molar-refractivity contribution in [3.05, 3.63) is 51.7 Å². The smallest absolute Gasteiger partial charge is 0.264 e. The van der Waals surface area contributed by atoms with Crippen LogP contribution in [0.25, 0.3) is 0 Å².